The molecule has 0 radical (unpaired) electrons. The molecule has 4 heterocycles. The number of nitrogen functional groups attached to an aromatic ring is 1. The van der Waals surface area contributed by atoms with Crippen LogP contribution in [-0.4, -0.2) is 29.5 Å². The zero-order valence-corrected chi connectivity index (χ0v) is 14.6. The summed E-state index contributed by atoms with van der Waals surface area (Å²) >= 11 is 6.15. The van der Waals surface area contributed by atoms with Crippen molar-refractivity contribution in [3.8, 4) is 17.3 Å². The first kappa shape index (κ1) is 16.7. The highest BCUT2D eigenvalue weighted by atomic mass is 35.5. The molecule has 0 aliphatic rings. The molecule has 0 aliphatic heterocycles. The molecular formula is C17H12ClN9. The molecule has 132 valence electrons. The van der Waals surface area contributed by atoms with Crippen LogP contribution in [0, 0.1) is 11.3 Å². The van der Waals surface area contributed by atoms with Crippen LogP contribution in [-0.2, 0) is 6.54 Å². The van der Waals surface area contributed by atoms with Crippen molar-refractivity contribution in [2.75, 3.05) is 11.1 Å². The van der Waals surface area contributed by atoms with E-state index in [-0.39, 0.29) is 11.4 Å². The Kier molecular flexibility index (Phi) is 4.24. The van der Waals surface area contributed by atoms with E-state index in [1.165, 1.54) is 12.5 Å². The van der Waals surface area contributed by atoms with E-state index in [0.717, 1.165) is 11.1 Å². The van der Waals surface area contributed by atoms with Crippen LogP contribution in [0.15, 0.2) is 43.1 Å². The summed E-state index contributed by atoms with van der Waals surface area (Å²) in [5.74, 6) is 0.472. The number of nitrogens with zero attached hydrogens (tertiary/aromatic N) is 7. The number of rotatable bonds is 4. The average Bonchev–Trinajstić information content (AvgIpc) is 3.06. The number of pyridine rings is 1. The molecule has 0 aromatic carbocycles. The van der Waals surface area contributed by atoms with Gasteiger partial charge < -0.3 is 11.1 Å². The van der Waals surface area contributed by atoms with Crippen molar-refractivity contribution in [1.29, 1.82) is 5.26 Å². The van der Waals surface area contributed by atoms with Gasteiger partial charge in [0.2, 0.25) is 0 Å². The predicted molar refractivity (Wildman–Crippen MR) is 99.7 cm³/mol. The lowest BCUT2D eigenvalue weighted by molar-refractivity contribution is 0.920. The fourth-order valence-electron chi connectivity index (χ4n) is 2.63. The first-order chi connectivity index (χ1) is 13.2. The largest absolute Gasteiger partial charge is 0.382 e. The Bertz CT molecular complexity index is 1160. The molecule has 0 bridgehead atoms. The molecule has 4 aromatic rings. The van der Waals surface area contributed by atoms with Gasteiger partial charge in [-0.2, -0.15) is 10.4 Å². The van der Waals surface area contributed by atoms with Crippen molar-refractivity contribution in [2.45, 2.75) is 6.54 Å². The van der Waals surface area contributed by atoms with Crippen LogP contribution in [0.25, 0.3) is 16.9 Å². The maximum atomic E-state index is 9.27. The number of halogens is 1. The average molecular weight is 378 g/mol. The number of nitrogens with two attached hydrogens (primary N) is 1. The van der Waals surface area contributed by atoms with Gasteiger partial charge in [0, 0.05) is 30.1 Å². The Labute approximate surface area is 158 Å². The lowest BCUT2D eigenvalue weighted by Gasteiger charge is -2.12. The molecule has 3 N–H and O–H groups in total. The molecule has 9 nitrogen and oxygen atoms in total. The van der Waals surface area contributed by atoms with Crippen LogP contribution in [0.2, 0.25) is 5.15 Å². The molecule has 4 aromatic heterocycles. The van der Waals surface area contributed by atoms with E-state index >= 15 is 0 Å². The van der Waals surface area contributed by atoms with E-state index < -0.39 is 0 Å². The van der Waals surface area contributed by atoms with Crippen LogP contribution < -0.4 is 11.1 Å². The Morgan fingerprint density at radius 1 is 1.26 bits per heavy atom. The van der Waals surface area contributed by atoms with Crippen molar-refractivity contribution in [3.63, 3.8) is 0 Å². The molecule has 0 spiro atoms. The highest BCUT2D eigenvalue weighted by Gasteiger charge is 2.14. The minimum atomic E-state index is 0.121. The molecule has 0 aliphatic carbocycles. The van der Waals surface area contributed by atoms with Gasteiger partial charge in [0.05, 0.1) is 11.9 Å². The number of nitriles is 1. The van der Waals surface area contributed by atoms with Gasteiger partial charge in [-0.25, -0.2) is 19.5 Å². The first-order valence-electron chi connectivity index (χ1n) is 7.85. The minimum absolute atomic E-state index is 0.121. The standard InChI is InChI=1S/C17H12ClN9/c18-13-8-22-14-4-11(7-23-17-12(5-19)16(20)24-9-25-17)15(26-27(13)14)10-2-1-3-21-6-10/h1-4,6,8-9H,7H2,(H3,20,23,24,25). The van der Waals surface area contributed by atoms with E-state index in [2.05, 4.69) is 30.4 Å². The highest BCUT2D eigenvalue weighted by molar-refractivity contribution is 6.29. The lowest BCUT2D eigenvalue weighted by atomic mass is 10.1. The lowest BCUT2D eigenvalue weighted by Crippen LogP contribution is -2.09. The van der Waals surface area contributed by atoms with Gasteiger partial charge in [0.15, 0.2) is 10.8 Å². The Morgan fingerprint density at radius 3 is 2.93 bits per heavy atom. The second-order valence-corrected chi connectivity index (χ2v) is 5.95. The van der Waals surface area contributed by atoms with Crippen molar-refractivity contribution in [3.05, 3.63) is 59.4 Å². The molecule has 0 fully saturated rings. The van der Waals surface area contributed by atoms with E-state index in [4.69, 9.17) is 17.3 Å². The summed E-state index contributed by atoms with van der Waals surface area (Å²) in [5, 5.41) is 17.4. The second-order valence-electron chi connectivity index (χ2n) is 5.56. The third-order valence-electron chi connectivity index (χ3n) is 3.90. The second kappa shape index (κ2) is 6.86. The monoisotopic (exact) mass is 377 g/mol. The molecular weight excluding hydrogens is 366 g/mol. The van der Waals surface area contributed by atoms with Gasteiger partial charge in [0.1, 0.15) is 29.6 Å². The van der Waals surface area contributed by atoms with Crippen LogP contribution in [0.5, 0.6) is 0 Å². The van der Waals surface area contributed by atoms with E-state index in [0.29, 0.717) is 28.9 Å². The molecule has 0 saturated heterocycles. The normalized spacial score (nSPS) is 10.7. The van der Waals surface area contributed by atoms with E-state index in [9.17, 15) is 5.26 Å². The number of hydrogen-bond acceptors (Lipinski definition) is 8. The highest BCUT2D eigenvalue weighted by Crippen LogP contribution is 2.25. The number of aromatic nitrogens is 6. The van der Waals surface area contributed by atoms with Crippen molar-refractivity contribution < 1.29 is 0 Å². The minimum Gasteiger partial charge on any atom is -0.382 e. The number of anilines is 2. The summed E-state index contributed by atoms with van der Waals surface area (Å²) in [6.45, 7) is 0.337. The number of hydrogen-bond donors (Lipinski definition) is 2. The maximum Gasteiger partial charge on any atom is 0.155 e. The van der Waals surface area contributed by atoms with Gasteiger partial charge in [-0.05, 0) is 18.2 Å². The van der Waals surface area contributed by atoms with Crippen LogP contribution in [0.4, 0.5) is 11.6 Å². The molecule has 0 atom stereocenters. The van der Waals surface area contributed by atoms with Gasteiger partial charge in [-0.15, -0.1) is 0 Å². The third kappa shape index (κ3) is 3.09. The smallest absolute Gasteiger partial charge is 0.155 e. The molecule has 27 heavy (non-hydrogen) atoms. The number of fused-ring (bicyclic) bond motifs is 1. The van der Waals surface area contributed by atoms with Crippen LogP contribution in [0.3, 0.4) is 0 Å². The van der Waals surface area contributed by atoms with Crippen molar-refractivity contribution in [1.82, 2.24) is 29.5 Å². The molecule has 0 amide bonds. The zero-order valence-electron chi connectivity index (χ0n) is 13.8. The van der Waals surface area contributed by atoms with Crippen LogP contribution in [0.1, 0.15) is 11.1 Å². The van der Waals surface area contributed by atoms with Gasteiger partial charge in [0.25, 0.3) is 0 Å². The first-order valence-corrected chi connectivity index (χ1v) is 8.23. The summed E-state index contributed by atoms with van der Waals surface area (Å²) in [7, 11) is 0. The summed E-state index contributed by atoms with van der Waals surface area (Å²) in [6, 6.07) is 7.60. The summed E-state index contributed by atoms with van der Waals surface area (Å²) in [5.41, 5.74) is 8.87. The SMILES string of the molecule is N#Cc1c(N)ncnc1NCc1cc2ncc(Cl)n2nc1-c1cccnc1. The number of nitrogens with one attached hydrogen (secondary N) is 1. The molecule has 0 unspecified atom stereocenters. The predicted octanol–water partition coefficient (Wildman–Crippen LogP) is 2.30. The molecule has 4 rings (SSSR count). The summed E-state index contributed by atoms with van der Waals surface area (Å²) < 4.78 is 1.55. The number of imidazole rings is 1. The fourth-order valence-corrected chi connectivity index (χ4v) is 2.80. The third-order valence-corrected chi connectivity index (χ3v) is 4.16. The van der Waals surface area contributed by atoms with E-state index in [1.807, 2.05) is 24.3 Å². The van der Waals surface area contributed by atoms with Gasteiger partial charge in [-0.3, -0.25) is 4.98 Å². The van der Waals surface area contributed by atoms with Crippen molar-refractivity contribution in [2.24, 2.45) is 0 Å². The Morgan fingerprint density at radius 2 is 2.15 bits per heavy atom. The van der Waals surface area contributed by atoms with Crippen molar-refractivity contribution >= 4 is 28.9 Å². The summed E-state index contributed by atoms with van der Waals surface area (Å²) in [6.07, 6.45) is 6.24. The summed E-state index contributed by atoms with van der Waals surface area (Å²) in [4.78, 5) is 16.3. The van der Waals surface area contributed by atoms with Gasteiger partial charge in [-0.1, -0.05) is 11.6 Å². The van der Waals surface area contributed by atoms with Gasteiger partial charge >= 0.3 is 0 Å². The fraction of sp³-hybridized carbons (Fsp3) is 0.0588. The maximum absolute atomic E-state index is 9.27. The molecule has 10 heteroatoms. The Hall–Kier alpha value is -3.77. The quantitative estimate of drug-likeness (QED) is 0.553. The zero-order chi connectivity index (χ0) is 18.8. The van der Waals surface area contributed by atoms with E-state index in [1.54, 1.807) is 16.9 Å². The Balaban J connectivity index is 1.77. The van der Waals surface area contributed by atoms with Crippen LogP contribution >= 0.6 is 11.6 Å². The molecule has 0 saturated carbocycles. The topological polar surface area (TPSA) is 131 Å².